The topological polar surface area (TPSA) is 122 Å². The van der Waals surface area contributed by atoms with Gasteiger partial charge in [0.05, 0.1) is 25.5 Å². The van der Waals surface area contributed by atoms with Crippen molar-refractivity contribution in [1.82, 2.24) is 15.2 Å². The lowest BCUT2D eigenvalue weighted by Crippen LogP contribution is -2.42. The second kappa shape index (κ2) is 13.7. The third kappa shape index (κ3) is 7.57. The van der Waals surface area contributed by atoms with Crippen molar-refractivity contribution in [2.75, 3.05) is 37.9 Å². The Morgan fingerprint density at radius 2 is 1.74 bits per heavy atom. The van der Waals surface area contributed by atoms with Gasteiger partial charge < -0.3 is 20.1 Å². The second-order valence-corrected chi connectivity index (χ2v) is 8.55. The van der Waals surface area contributed by atoms with Crippen LogP contribution in [-0.4, -0.2) is 67.5 Å². The van der Waals surface area contributed by atoms with Crippen molar-refractivity contribution < 1.29 is 23.9 Å². The molecule has 0 spiro atoms. The third-order valence-electron chi connectivity index (χ3n) is 4.92. The number of methoxy groups -OCH3 is 2. The van der Waals surface area contributed by atoms with E-state index in [9.17, 15) is 14.4 Å². The molecule has 1 heterocycles. The molecule has 0 fully saturated rings. The van der Waals surface area contributed by atoms with Crippen LogP contribution in [0, 0.1) is 0 Å². The minimum absolute atomic E-state index is 0. The van der Waals surface area contributed by atoms with Crippen LogP contribution in [0.15, 0.2) is 17.5 Å². The first-order valence-electron chi connectivity index (χ1n) is 10.5. The summed E-state index contributed by atoms with van der Waals surface area (Å²) in [6.45, 7) is 9.69. The largest absolute Gasteiger partial charge is 0.496 e. The van der Waals surface area contributed by atoms with E-state index < -0.39 is 5.91 Å². The molecule has 0 radical (unpaired) electrons. The Morgan fingerprint density at radius 3 is 2.29 bits per heavy atom. The van der Waals surface area contributed by atoms with Gasteiger partial charge in [-0.1, -0.05) is 0 Å². The van der Waals surface area contributed by atoms with Gasteiger partial charge >= 0.3 is 0 Å². The number of hydrogen-bond donors (Lipinski definition) is 3. The molecule has 0 aliphatic rings. The van der Waals surface area contributed by atoms with Crippen LogP contribution in [0.3, 0.4) is 0 Å². The highest BCUT2D eigenvalue weighted by atomic mass is 35.5. The van der Waals surface area contributed by atoms with Gasteiger partial charge in [0.15, 0.2) is 5.13 Å². The van der Waals surface area contributed by atoms with Crippen LogP contribution in [0.25, 0.3) is 0 Å². The minimum Gasteiger partial charge on any atom is -0.496 e. The molecule has 0 unspecified atom stereocenters. The summed E-state index contributed by atoms with van der Waals surface area (Å²) < 4.78 is 10.5. The van der Waals surface area contributed by atoms with Crippen molar-refractivity contribution in [3.8, 4) is 11.5 Å². The fourth-order valence-corrected chi connectivity index (χ4v) is 4.04. The zero-order valence-electron chi connectivity index (χ0n) is 20.1. The number of carbonyl (C=O) groups is 3. The van der Waals surface area contributed by atoms with E-state index in [-0.39, 0.29) is 40.5 Å². The maximum Gasteiger partial charge on any atom is 0.270 e. The summed E-state index contributed by atoms with van der Waals surface area (Å²) in [5.74, 6) is -0.208. The molecule has 1 aromatic carbocycles. The summed E-state index contributed by atoms with van der Waals surface area (Å²) in [6, 6.07) is 3.69. The Balaban J connectivity index is 0.00000578. The molecule has 10 nitrogen and oxygen atoms in total. The van der Waals surface area contributed by atoms with Gasteiger partial charge in [-0.15, -0.1) is 23.7 Å². The Hall–Kier alpha value is -2.89. The van der Waals surface area contributed by atoms with Crippen LogP contribution in [-0.2, 0) is 4.79 Å². The van der Waals surface area contributed by atoms with E-state index in [0.29, 0.717) is 36.5 Å². The number of rotatable bonds is 12. The zero-order chi connectivity index (χ0) is 24.5. The summed E-state index contributed by atoms with van der Waals surface area (Å²) in [4.78, 5) is 42.6. The van der Waals surface area contributed by atoms with Gasteiger partial charge in [-0.3, -0.25) is 24.6 Å². The Morgan fingerprint density at radius 1 is 1.09 bits per heavy atom. The summed E-state index contributed by atoms with van der Waals surface area (Å²) in [5, 5.41) is 9.86. The summed E-state index contributed by atoms with van der Waals surface area (Å²) in [5.41, 5.74) is 0.710. The quantitative estimate of drug-likeness (QED) is 0.372. The average molecular weight is 514 g/mol. The first-order valence-corrected chi connectivity index (χ1v) is 11.4. The highest BCUT2D eigenvalue weighted by Gasteiger charge is 2.20. The summed E-state index contributed by atoms with van der Waals surface area (Å²) in [7, 11) is 2.86. The van der Waals surface area contributed by atoms with Gasteiger partial charge in [0.1, 0.15) is 17.2 Å². The van der Waals surface area contributed by atoms with Crippen molar-refractivity contribution in [3.63, 3.8) is 0 Å². The van der Waals surface area contributed by atoms with Gasteiger partial charge in [0, 0.05) is 36.6 Å². The number of nitrogens with one attached hydrogen (secondary N) is 3. The van der Waals surface area contributed by atoms with Crippen LogP contribution in [0.2, 0.25) is 0 Å². The lowest BCUT2D eigenvalue weighted by molar-refractivity contribution is -0.105. The molecule has 0 aliphatic carbocycles. The molecule has 3 N–H and O–H groups in total. The molecule has 34 heavy (non-hydrogen) atoms. The van der Waals surface area contributed by atoms with Crippen LogP contribution in [0.5, 0.6) is 11.5 Å². The number of amides is 3. The number of benzene rings is 1. The van der Waals surface area contributed by atoms with Crippen LogP contribution < -0.4 is 25.4 Å². The fraction of sp³-hybridized carbons (Fsp3) is 0.455. The first-order chi connectivity index (χ1) is 15.7. The molecule has 1 aromatic heterocycles. The predicted molar refractivity (Wildman–Crippen MR) is 136 cm³/mol. The molecular formula is C22H32ClN5O5S. The predicted octanol–water partition coefficient (Wildman–Crippen LogP) is 3.25. The number of nitrogens with zero attached hydrogens (tertiary/aromatic N) is 2. The van der Waals surface area contributed by atoms with Crippen molar-refractivity contribution >= 4 is 52.8 Å². The van der Waals surface area contributed by atoms with E-state index in [1.165, 1.54) is 26.4 Å². The van der Waals surface area contributed by atoms with Crippen molar-refractivity contribution in [1.29, 1.82) is 0 Å². The van der Waals surface area contributed by atoms with E-state index in [1.54, 1.807) is 5.38 Å². The first kappa shape index (κ1) is 29.1. The highest BCUT2D eigenvalue weighted by molar-refractivity contribution is 7.14. The second-order valence-electron chi connectivity index (χ2n) is 7.69. The van der Waals surface area contributed by atoms with E-state index >= 15 is 0 Å². The molecule has 12 heteroatoms. The summed E-state index contributed by atoms with van der Waals surface area (Å²) in [6.07, 6.45) is 0.485. The van der Waals surface area contributed by atoms with Gasteiger partial charge in [-0.2, -0.15) is 0 Å². The maximum absolute atomic E-state index is 12.8. The average Bonchev–Trinajstić information content (AvgIpc) is 3.24. The van der Waals surface area contributed by atoms with Gasteiger partial charge in [0.25, 0.3) is 11.8 Å². The van der Waals surface area contributed by atoms with Gasteiger partial charge in [-0.25, -0.2) is 4.98 Å². The maximum atomic E-state index is 12.8. The van der Waals surface area contributed by atoms with E-state index in [0.717, 1.165) is 17.9 Å². The van der Waals surface area contributed by atoms with Crippen LogP contribution in [0.4, 0.5) is 10.8 Å². The summed E-state index contributed by atoms with van der Waals surface area (Å²) >= 11 is 1.13. The van der Waals surface area contributed by atoms with Crippen molar-refractivity contribution in [3.05, 3.63) is 28.8 Å². The number of halogens is 1. The molecule has 188 valence electrons. The minimum atomic E-state index is -0.505. The molecule has 3 amide bonds. The van der Waals surface area contributed by atoms with Crippen molar-refractivity contribution in [2.45, 2.75) is 39.8 Å². The molecule has 0 bridgehead atoms. The monoisotopic (exact) mass is 513 g/mol. The SMILES string of the molecule is COc1cc(OC)c(C(=O)Nc2nc(C(=O)NCCN(C(C)C)C(C)C)cs2)cc1NC=O.Cl. The molecule has 0 atom stereocenters. The molecule has 0 saturated carbocycles. The molecular weight excluding hydrogens is 482 g/mol. The number of hydrogen-bond acceptors (Lipinski definition) is 8. The van der Waals surface area contributed by atoms with Crippen LogP contribution in [0.1, 0.15) is 48.5 Å². The number of thiazole rings is 1. The normalized spacial score (nSPS) is 10.6. The van der Waals surface area contributed by atoms with Crippen molar-refractivity contribution in [2.24, 2.45) is 0 Å². The van der Waals surface area contributed by atoms with E-state index in [4.69, 9.17) is 9.47 Å². The van der Waals surface area contributed by atoms with Gasteiger partial charge in [0.2, 0.25) is 6.41 Å². The Labute approximate surface area is 209 Å². The standard InChI is InChI=1S/C22H31N5O5S.ClH/c1-13(2)27(14(3)4)8-7-23-21(30)17-11-33-22(25-17)26-20(29)15-9-16(24-12-28)19(32-6)10-18(15)31-5;/h9-14H,7-8H2,1-6H3,(H,23,30)(H,24,28)(H,25,26,29);1H. The van der Waals surface area contributed by atoms with E-state index in [2.05, 4.69) is 53.5 Å². The molecule has 2 rings (SSSR count). The van der Waals surface area contributed by atoms with Gasteiger partial charge in [-0.05, 0) is 33.8 Å². The fourth-order valence-electron chi connectivity index (χ4n) is 3.35. The Kier molecular flexibility index (Phi) is 11.8. The molecule has 0 aliphatic heterocycles. The number of aromatic nitrogens is 1. The number of anilines is 2. The number of ether oxygens (including phenoxy) is 2. The number of carbonyl (C=O) groups excluding carboxylic acids is 3. The lowest BCUT2D eigenvalue weighted by atomic mass is 10.1. The molecule has 0 saturated heterocycles. The van der Waals surface area contributed by atoms with Crippen LogP contribution >= 0.6 is 23.7 Å². The third-order valence-corrected chi connectivity index (χ3v) is 5.68. The lowest BCUT2D eigenvalue weighted by Gasteiger charge is -2.30. The van der Waals surface area contributed by atoms with E-state index in [1.807, 2.05) is 0 Å². The molecule has 2 aromatic rings. The Bertz CT molecular complexity index is 975. The highest BCUT2D eigenvalue weighted by Crippen LogP contribution is 2.33. The smallest absolute Gasteiger partial charge is 0.270 e. The zero-order valence-corrected chi connectivity index (χ0v) is 21.8.